The van der Waals surface area contributed by atoms with Crippen molar-refractivity contribution in [1.82, 2.24) is 14.4 Å². The Hall–Kier alpha value is -1.38. The highest BCUT2D eigenvalue weighted by molar-refractivity contribution is 5.41. The van der Waals surface area contributed by atoms with Crippen LogP contribution in [0.4, 0.5) is 0 Å². The van der Waals surface area contributed by atoms with Gasteiger partial charge < -0.3 is 4.40 Å². The van der Waals surface area contributed by atoms with E-state index in [-0.39, 0.29) is 0 Å². The monoisotopic (exact) mass is 257 g/mol. The van der Waals surface area contributed by atoms with Crippen molar-refractivity contribution in [3.63, 3.8) is 0 Å². The number of rotatable bonds is 0. The van der Waals surface area contributed by atoms with Crippen molar-refractivity contribution in [3.05, 3.63) is 30.0 Å². The van der Waals surface area contributed by atoms with Gasteiger partial charge in [-0.2, -0.15) is 0 Å². The van der Waals surface area contributed by atoms with Crippen molar-refractivity contribution in [1.29, 1.82) is 0 Å². The van der Waals surface area contributed by atoms with Crippen LogP contribution in [0.25, 0.3) is 5.65 Å². The van der Waals surface area contributed by atoms with Crippen molar-refractivity contribution in [2.75, 3.05) is 0 Å². The largest absolute Gasteiger partial charge is 0.301 e. The number of aromatic nitrogens is 3. The van der Waals surface area contributed by atoms with Crippen molar-refractivity contribution >= 4 is 5.65 Å². The van der Waals surface area contributed by atoms with Gasteiger partial charge in [0.2, 0.25) is 0 Å². The number of fused-ring (bicyclic) bond motifs is 3. The summed E-state index contributed by atoms with van der Waals surface area (Å²) in [7, 11) is 0. The summed E-state index contributed by atoms with van der Waals surface area (Å²) in [6.45, 7) is 0. The van der Waals surface area contributed by atoms with E-state index in [2.05, 4.69) is 15.6 Å². The highest BCUT2D eigenvalue weighted by Crippen LogP contribution is 2.20. The molecule has 0 N–H and O–H groups in total. The van der Waals surface area contributed by atoms with Crippen LogP contribution in [0.3, 0.4) is 0 Å². The van der Waals surface area contributed by atoms with E-state index < -0.39 is 0 Å². The fourth-order valence-electron chi connectivity index (χ4n) is 3.12. The third-order valence-electron chi connectivity index (χ3n) is 4.19. The SMILES string of the molecule is c1cn2c3c(nc2cn1)CCCCCCCCCC3. The smallest absolute Gasteiger partial charge is 0.155 e. The van der Waals surface area contributed by atoms with Crippen LogP contribution in [0, 0.1) is 0 Å². The summed E-state index contributed by atoms with van der Waals surface area (Å²) in [4.78, 5) is 8.97. The summed E-state index contributed by atoms with van der Waals surface area (Å²) >= 11 is 0. The zero-order valence-corrected chi connectivity index (χ0v) is 11.6. The normalized spacial score (nSPS) is 18.5. The minimum atomic E-state index is 1.02. The Kier molecular flexibility index (Phi) is 4.11. The van der Waals surface area contributed by atoms with Gasteiger partial charge in [0.1, 0.15) is 0 Å². The highest BCUT2D eigenvalue weighted by atomic mass is 15.0. The number of hydrogen-bond donors (Lipinski definition) is 0. The average Bonchev–Trinajstić information content (AvgIpc) is 2.77. The van der Waals surface area contributed by atoms with Gasteiger partial charge in [0.15, 0.2) is 5.65 Å². The molecular weight excluding hydrogens is 234 g/mol. The predicted octanol–water partition coefficient (Wildman–Crippen LogP) is 3.95. The molecule has 0 aliphatic heterocycles. The molecule has 0 bridgehead atoms. The Bertz CT molecular complexity index is 530. The van der Waals surface area contributed by atoms with Crippen molar-refractivity contribution < 1.29 is 0 Å². The Labute approximate surface area is 115 Å². The van der Waals surface area contributed by atoms with Crippen LogP contribution in [0.1, 0.15) is 62.8 Å². The van der Waals surface area contributed by atoms with Crippen molar-refractivity contribution in [3.8, 4) is 0 Å². The molecule has 1 aliphatic rings. The molecule has 0 atom stereocenters. The lowest BCUT2D eigenvalue weighted by Gasteiger charge is -2.08. The molecule has 1 aliphatic carbocycles. The fraction of sp³-hybridized carbons (Fsp3) is 0.625. The quantitative estimate of drug-likeness (QED) is 0.715. The molecular formula is C16H23N3. The molecule has 3 rings (SSSR count). The van der Waals surface area contributed by atoms with Crippen molar-refractivity contribution in [2.45, 2.75) is 64.2 Å². The van der Waals surface area contributed by atoms with E-state index in [0.29, 0.717) is 0 Å². The van der Waals surface area contributed by atoms with Gasteiger partial charge in [-0.3, -0.25) is 4.98 Å². The van der Waals surface area contributed by atoms with Crippen LogP contribution < -0.4 is 0 Å². The molecule has 3 nitrogen and oxygen atoms in total. The number of hydrogen-bond acceptors (Lipinski definition) is 2. The molecule has 3 heteroatoms. The average molecular weight is 257 g/mol. The molecule has 2 aromatic rings. The van der Waals surface area contributed by atoms with Crippen LogP contribution in [0.15, 0.2) is 18.6 Å². The van der Waals surface area contributed by atoms with Crippen LogP contribution in [0.5, 0.6) is 0 Å². The van der Waals surface area contributed by atoms with Gasteiger partial charge in [-0.15, -0.1) is 0 Å². The van der Waals surface area contributed by atoms with Gasteiger partial charge in [-0.1, -0.05) is 38.5 Å². The van der Waals surface area contributed by atoms with Crippen molar-refractivity contribution in [2.24, 2.45) is 0 Å². The standard InChI is InChI=1S/C16H23N3/c1-2-4-6-8-10-15-14(9-7-5-3-1)18-16-13-17-11-12-19(15)16/h11-13H,1-10H2. The van der Waals surface area contributed by atoms with Crippen LogP contribution in [-0.4, -0.2) is 14.4 Å². The Morgan fingerprint density at radius 1 is 0.842 bits per heavy atom. The van der Waals surface area contributed by atoms with Gasteiger partial charge in [-0.25, -0.2) is 4.98 Å². The van der Waals surface area contributed by atoms with Gasteiger partial charge in [0.05, 0.1) is 11.9 Å². The van der Waals surface area contributed by atoms with E-state index >= 15 is 0 Å². The molecule has 0 unspecified atom stereocenters. The summed E-state index contributed by atoms with van der Waals surface area (Å²) in [5.41, 5.74) is 3.76. The van der Waals surface area contributed by atoms with E-state index in [1.165, 1.54) is 69.2 Å². The Morgan fingerprint density at radius 3 is 2.32 bits per heavy atom. The molecule has 0 fully saturated rings. The predicted molar refractivity (Wildman–Crippen MR) is 77.3 cm³/mol. The van der Waals surface area contributed by atoms with E-state index in [1.54, 1.807) is 0 Å². The number of imidazole rings is 1. The van der Waals surface area contributed by atoms with Crippen LogP contribution in [-0.2, 0) is 12.8 Å². The first kappa shape index (κ1) is 12.6. The minimum Gasteiger partial charge on any atom is -0.301 e. The summed E-state index contributed by atoms with van der Waals surface area (Å²) in [6.07, 6.45) is 19.0. The van der Waals surface area contributed by atoms with Gasteiger partial charge >= 0.3 is 0 Å². The molecule has 0 spiro atoms. The maximum Gasteiger partial charge on any atom is 0.155 e. The molecule has 0 radical (unpaired) electrons. The minimum absolute atomic E-state index is 1.02. The summed E-state index contributed by atoms with van der Waals surface area (Å²) < 4.78 is 2.24. The maximum absolute atomic E-state index is 4.78. The molecule has 2 aromatic heterocycles. The molecule has 2 heterocycles. The Balaban J connectivity index is 1.87. The zero-order valence-electron chi connectivity index (χ0n) is 11.6. The second kappa shape index (κ2) is 6.18. The Morgan fingerprint density at radius 2 is 1.53 bits per heavy atom. The first-order chi connectivity index (χ1) is 9.45. The summed E-state index contributed by atoms with van der Waals surface area (Å²) in [5.74, 6) is 0. The number of nitrogens with zero attached hydrogens (tertiary/aromatic N) is 3. The first-order valence-corrected chi connectivity index (χ1v) is 7.75. The van der Waals surface area contributed by atoms with E-state index in [9.17, 15) is 0 Å². The summed E-state index contributed by atoms with van der Waals surface area (Å²) in [6, 6.07) is 0. The second-order valence-electron chi connectivity index (χ2n) is 5.64. The molecule has 0 saturated heterocycles. The lowest BCUT2D eigenvalue weighted by atomic mass is 10.0. The summed E-state index contributed by atoms with van der Waals surface area (Å²) in [5, 5.41) is 0. The third-order valence-corrected chi connectivity index (χ3v) is 4.19. The van der Waals surface area contributed by atoms with Gasteiger partial charge in [-0.05, 0) is 25.7 Å². The molecule has 0 aromatic carbocycles. The lowest BCUT2D eigenvalue weighted by Crippen LogP contribution is -1.99. The molecule has 19 heavy (non-hydrogen) atoms. The second-order valence-corrected chi connectivity index (χ2v) is 5.64. The molecule has 102 valence electrons. The molecule has 0 amide bonds. The van der Waals surface area contributed by atoms with E-state index in [0.717, 1.165) is 12.1 Å². The van der Waals surface area contributed by atoms with E-state index in [1.807, 2.05) is 12.4 Å². The molecule has 0 saturated carbocycles. The van der Waals surface area contributed by atoms with Gasteiger partial charge in [0.25, 0.3) is 0 Å². The third kappa shape index (κ3) is 2.96. The van der Waals surface area contributed by atoms with Crippen LogP contribution >= 0.6 is 0 Å². The highest BCUT2D eigenvalue weighted by Gasteiger charge is 2.12. The topological polar surface area (TPSA) is 30.2 Å². The fourth-order valence-corrected chi connectivity index (χ4v) is 3.12. The first-order valence-electron chi connectivity index (χ1n) is 7.75. The maximum atomic E-state index is 4.78. The number of aryl methyl sites for hydroxylation is 2. The lowest BCUT2D eigenvalue weighted by molar-refractivity contribution is 0.555. The van der Waals surface area contributed by atoms with Crippen LogP contribution in [0.2, 0.25) is 0 Å². The van der Waals surface area contributed by atoms with Gasteiger partial charge in [0, 0.05) is 18.1 Å². The zero-order chi connectivity index (χ0) is 12.9. The van der Waals surface area contributed by atoms with E-state index in [4.69, 9.17) is 4.98 Å².